The van der Waals surface area contributed by atoms with Crippen LogP contribution in [0, 0.1) is 0 Å². The lowest BCUT2D eigenvalue weighted by atomic mass is 10.3. The molecule has 90 valence electrons. The molecule has 1 aromatic rings. The van der Waals surface area contributed by atoms with Crippen LogP contribution in [0.4, 0.5) is 0 Å². The molecule has 0 bridgehead atoms. The van der Waals surface area contributed by atoms with E-state index in [1.165, 1.54) is 17.3 Å². The zero-order valence-corrected chi connectivity index (χ0v) is 9.70. The Morgan fingerprint density at radius 2 is 2.31 bits per heavy atom. The maximum absolute atomic E-state index is 11.9. The van der Waals surface area contributed by atoms with Crippen LogP contribution in [0.15, 0.2) is 12.7 Å². The fourth-order valence-corrected chi connectivity index (χ4v) is 1.46. The van der Waals surface area contributed by atoms with Crippen molar-refractivity contribution in [2.24, 2.45) is 0 Å². The number of rotatable bonds is 6. The largest absolute Gasteiger partial charge is 0.396 e. The highest BCUT2D eigenvalue weighted by Crippen LogP contribution is 2.02. The molecule has 0 saturated heterocycles. The molecule has 1 heterocycles. The first-order chi connectivity index (χ1) is 7.65. The van der Waals surface area contributed by atoms with Crippen molar-refractivity contribution in [2.45, 2.75) is 32.9 Å². The van der Waals surface area contributed by atoms with E-state index in [9.17, 15) is 4.79 Å². The number of carbonyl (C=O) groups excluding carboxylic acids is 1. The summed E-state index contributed by atoms with van der Waals surface area (Å²) in [6, 6.07) is 0.127. The van der Waals surface area contributed by atoms with Crippen LogP contribution in [0.5, 0.6) is 0 Å². The van der Waals surface area contributed by atoms with Gasteiger partial charge in [0.05, 0.1) is 0 Å². The molecule has 0 atom stereocenters. The number of aliphatic hydroxyl groups is 1. The highest BCUT2D eigenvalue weighted by molar-refractivity contribution is 5.76. The fraction of sp³-hybridized carbons (Fsp3) is 0.700. The highest BCUT2D eigenvalue weighted by Gasteiger charge is 2.16. The summed E-state index contributed by atoms with van der Waals surface area (Å²) < 4.78 is 1.50. The summed E-state index contributed by atoms with van der Waals surface area (Å²) in [6.45, 7) is 4.78. The van der Waals surface area contributed by atoms with Crippen molar-refractivity contribution < 1.29 is 9.90 Å². The lowest BCUT2D eigenvalue weighted by molar-refractivity contribution is -0.133. The summed E-state index contributed by atoms with van der Waals surface area (Å²) in [7, 11) is 0. The van der Waals surface area contributed by atoms with E-state index in [0.717, 1.165) is 0 Å². The lowest BCUT2D eigenvalue weighted by Gasteiger charge is -2.26. The molecule has 6 heteroatoms. The fourth-order valence-electron chi connectivity index (χ4n) is 1.46. The summed E-state index contributed by atoms with van der Waals surface area (Å²) in [5, 5.41) is 12.7. The van der Waals surface area contributed by atoms with E-state index < -0.39 is 0 Å². The molecular weight excluding hydrogens is 208 g/mol. The number of hydrogen-bond acceptors (Lipinski definition) is 4. The molecular formula is C10H18N4O2. The minimum atomic E-state index is -0.00560. The predicted octanol–water partition coefficient (Wildman–Crippen LogP) is -0.103. The minimum absolute atomic E-state index is 0.00560. The second-order valence-electron chi connectivity index (χ2n) is 3.85. The topological polar surface area (TPSA) is 71.2 Å². The molecule has 6 nitrogen and oxygen atoms in total. The molecule has 1 amide bonds. The van der Waals surface area contributed by atoms with Gasteiger partial charge >= 0.3 is 0 Å². The molecule has 1 rings (SSSR count). The van der Waals surface area contributed by atoms with E-state index in [0.29, 0.717) is 13.0 Å². The summed E-state index contributed by atoms with van der Waals surface area (Å²) >= 11 is 0. The van der Waals surface area contributed by atoms with Crippen LogP contribution in [0.3, 0.4) is 0 Å². The van der Waals surface area contributed by atoms with Gasteiger partial charge in [0.1, 0.15) is 19.2 Å². The third-order valence-corrected chi connectivity index (χ3v) is 2.26. The SMILES string of the molecule is CC(C)N(CCCO)C(=O)Cn1cncn1. The first-order valence-corrected chi connectivity index (χ1v) is 5.38. The monoisotopic (exact) mass is 226 g/mol. The van der Waals surface area contributed by atoms with Crippen LogP contribution in [-0.4, -0.2) is 49.9 Å². The summed E-state index contributed by atoms with van der Waals surface area (Å²) in [4.78, 5) is 17.4. The smallest absolute Gasteiger partial charge is 0.244 e. The molecule has 0 saturated carbocycles. The van der Waals surface area contributed by atoms with Gasteiger partial charge in [0.15, 0.2) is 0 Å². The quantitative estimate of drug-likeness (QED) is 0.735. The summed E-state index contributed by atoms with van der Waals surface area (Å²) in [6.07, 6.45) is 3.52. The standard InChI is InChI=1S/C10H18N4O2/c1-9(2)14(4-3-5-15)10(16)6-13-8-11-7-12-13/h7-9,15H,3-6H2,1-2H3. The van der Waals surface area contributed by atoms with Crippen LogP contribution in [0.25, 0.3) is 0 Å². The van der Waals surface area contributed by atoms with Crippen molar-refractivity contribution >= 4 is 5.91 Å². The number of carbonyl (C=O) groups is 1. The van der Waals surface area contributed by atoms with E-state index in [1.54, 1.807) is 4.90 Å². The third-order valence-electron chi connectivity index (χ3n) is 2.26. The third kappa shape index (κ3) is 3.62. The van der Waals surface area contributed by atoms with Crippen molar-refractivity contribution in [3.05, 3.63) is 12.7 Å². The van der Waals surface area contributed by atoms with Crippen LogP contribution in [0.2, 0.25) is 0 Å². The minimum Gasteiger partial charge on any atom is -0.396 e. The summed E-state index contributed by atoms with van der Waals surface area (Å²) in [5.41, 5.74) is 0. The Kier molecular flexibility index (Phi) is 4.91. The maximum atomic E-state index is 11.9. The van der Waals surface area contributed by atoms with Gasteiger partial charge in [-0.25, -0.2) is 9.67 Å². The average Bonchev–Trinajstić information content (AvgIpc) is 2.70. The van der Waals surface area contributed by atoms with Crippen molar-refractivity contribution in [1.82, 2.24) is 19.7 Å². The van der Waals surface area contributed by atoms with Gasteiger partial charge in [0, 0.05) is 19.2 Å². The molecule has 16 heavy (non-hydrogen) atoms. The van der Waals surface area contributed by atoms with Gasteiger partial charge in [-0.3, -0.25) is 4.79 Å². The molecule has 0 fully saturated rings. The highest BCUT2D eigenvalue weighted by atomic mass is 16.3. The van der Waals surface area contributed by atoms with Gasteiger partial charge in [-0.2, -0.15) is 5.10 Å². The molecule has 1 N–H and O–H groups in total. The van der Waals surface area contributed by atoms with Gasteiger partial charge in [-0.15, -0.1) is 0 Å². The molecule has 0 aliphatic carbocycles. The Morgan fingerprint density at radius 1 is 1.56 bits per heavy atom. The Labute approximate surface area is 94.9 Å². The molecule has 0 spiro atoms. The number of aromatic nitrogens is 3. The molecule has 0 unspecified atom stereocenters. The van der Waals surface area contributed by atoms with Crippen LogP contribution in [-0.2, 0) is 11.3 Å². The molecule has 0 aromatic carbocycles. The molecule has 0 aliphatic heterocycles. The lowest BCUT2D eigenvalue weighted by Crippen LogP contribution is -2.40. The Balaban J connectivity index is 2.53. The van der Waals surface area contributed by atoms with Gasteiger partial charge in [-0.05, 0) is 20.3 Å². The molecule has 1 aromatic heterocycles. The zero-order valence-electron chi connectivity index (χ0n) is 9.70. The zero-order chi connectivity index (χ0) is 12.0. The van der Waals surface area contributed by atoms with Crippen LogP contribution >= 0.6 is 0 Å². The van der Waals surface area contributed by atoms with Gasteiger partial charge < -0.3 is 10.0 Å². The normalized spacial score (nSPS) is 10.8. The molecule has 0 aliphatic rings. The van der Waals surface area contributed by atoms with Gasteiger partial charge in [0.25, 0.3) is 0 Å². The van der Waals surface area contributed by atoms with E-state index in [1.807, 2.05) is 13.8 Å². The van der Waals surface area contributed by atoms with Gasteiger partial charge in [-0.1, -0.05) is 0 Å². The maximum Gasteiger partial charge on any atom is 0.244 e. The number of amides is 1. The predicted molar refractivity (Wildman–Crippen MR) is 58.6 cm³/mol. The first kappa shape index (κ1) is 12.6. The second kappa shape index (κ2) is 6.22. The van der Waals surface area contributed by atoms with E-state index >= 15 is 0 Å². The van der Waals surface area contributed by atoms with Crippen molar-refractivity contribution in [1.29, 1.82) is 0 Å². The van der Waals surface area contributed by atoms with E-state index in [2.05, 4.69) is 10.1 Å². The van der Waals surface area contributed by atoms with Gasteiger partial charge in [0.2, 0.25) is 5.91 Å². The average molecular weight is 226 g/mol. The Bertz CT molecular complexity index is 311. The van der Waals surface area contributed by atoms with Crippen molar-refractivity contribution in [2.75, 3.05) is 13.2 Å². The van der Waals surface area contributed by atoms with E-state index in [4.69, 9.17) is 5.11 Å². The van der Waals surface area contributed by atoms with Crippen molar-refractivity contribution in [3.8, 4) is 0 Å². The van der Waals surface area contributed by atoms with Crippen LogP contribution in [0.1, 0.15) is 20.3 Å². The number of nitrogens with zero attached hydrogens (tertiary/aromatic N) is 4. The molecule has 0 radical (unpaired) electrons. The second-order valence-corrected chi connectivity index (χ2v) is 3.85. The number of hydrogen-bond donors (Lipinski definition) is 1. The van der Waals surface area contributed by atoms with Crippen molar-refractivity contribution in [3.63, 3.8) is 0 Å². The Morgan fingerprint density at radius 3 is 2.81 bits per heavy atom. The summed E-state index contributed by atoms with van der Waals surface area (Å²) in [5.74, 6) is -0.00560. The van der Waals surface area contributed by atoms with Crippen LogP contribution < -0.4 is 0 Å². The number of aliphatic hydroxyl groups excluding tert-OH is 1. The van der Waals surface area contributed by atoms with E-state index in [-0.39, 0.29) is 25.1 Å². The Hall–Kier alpha value is -1.43. The first-order valence-electron chi connectivity index (χ1n) is 5.38.